The molecule has 63 heavy (non-hydrogen) atoms. The third kappa shape index (κ3) is 46.0. The number of hydrogen-bond donors (Lipinski definition) is 0. The van der Waals surface area contributed by atoms with Crippen molar-refractivity contribution < 1.29 is 42.9 Å². The van der Waals surface area contributed by atoms with Gasteiger partial charge in [-0.1, -0.05) is 162 Å². The number of quaternary nitrogens is 1. The molecule has 0 N–H and O–H groups in total. The summed E-state index contributed by atoms with van der Waals surface area (Å²) in [6.07, 6.45) is 55.8. The number of carboxylic acids is 1. The van der Waals surface area contributed by atoms with E-state index >= 15 is 0 Å². The van der Waals surface area contributed by atoms with Crippen LogP contribution in [0.15, 0.2) is 97.2 Å². The molecule has 0 rings (SSSR count). The van der Waals surface area contributed by atoms with Gasteiger partial charge in [0.1, 0.15) is 13.2 Å². The average molecular weight is 880 g/mol. The van der Waals surface area contributed by atoms with Crippen LogP contribution in [0.5, 0.6) is 0 Å². The highest BCUT2D eigenvalue weighted by atomic mass is 16.7. The smallest absolute Gasteiger partial charge is 0.306 e. The van der Waals surface area contributed by atoms with Gasteiger partial charge in [-0.25, -0.2) is 0 Å². The van der Waals surface area contributed by atoms with E-state index in [1.807, 2.05) is 21.1 Å². The van der Waals surface area contributed by atoms with Crippen LogP contribution in [0.1, 0.15) is 168 Å². The van der Waals surface area contributed by atoms with Gasteiger partial charge < -0.3 is 33.3 Å². The maximum absolute atomic E-state index is 12.8. The Morgan fingerprint density at radius 2 is 0.857 bits per heavy atom. The SMILES string of the molecule is CC/C=C\C/C=C\C/C=C\C/C=C\C/C=C\CCCCCCCCCC(=O)OC(COC(=O)CCCCCCC/C=C\C/C=C\C/C=C\CC)COC(OCC[N+](C)(C)C)C(=O)[O-]. The number of allylic oxidation sites excluding steroid dienone is 16. The maximum Gasteiger partial charge on any atom is 0.306 e. The van der Waals surface area contributed by atoms with Crippen LogP contribution in [0.3, 0.4) is 0 Å². The molecule has 0 aromatic carbocycles. The van der Waals surface area contributed by atoms with Crippen molar-refractivity contribution >= 4 is 17.9 Å². The Kier molecular flexibility index (Phi) is 42.1. The molecule has 358 valence electrons. The Balaban J connectivity index is 4.43. The standard InChI is InChI=1S/C54H89NO8/c1-6-8-10-12-14-16-18-20-22-23-24-25-26-27-28-29-31-33-35-37-39-41-43-45-52(57)63-50(49-62-54(53(58)59)60-47-46-55(3,4)5)48-61-51(56)44-42-40-38-36-34-32-30-21-19-17-15-13-11-9-7-2/h8-11,14-17,20-22,24-25,27-28,30,50,54H,6-7,12-13,18-19,23,26,29,31-49H2,1-5H3/b10-8-,11-9-,16-14-,17-15-,22-20-,25-24-,28-27-,30-21-. The molecule has 0 spiro atoms. The van der Waals surface area contributed by atoms with Gasteiger partial charge in [0.15, 0.2) is 12.4 Å². The first-order valence-electron chi connectivity index (χ1n) is 24.4. The van der Waals surface area contributed by atoms with Crippen molar-refractivity contribution in [1.29, 1.82) is 0 Å². The Morgan fingerprint density at radius 3 is 1.27 bits per heavy atom. The molecule has 0 aliphatic heterocycles. The second kappa shape index (κ2) is 44.8. The van der Waals surface area contributed by atoms with E-state index in [0.717, 1.165) is 109 Å². The summed E-state index contributed by atoms with van der Waals surface area (Å²) in [5.74, 6) is -2.34. The third-order valence-electron chi connectivity index (χ3n) is 9.83. The Labute approximate surface area is 384 Å². The fraction of sp³-hybridized carbons (Fsp3) is 0.648. The second-order valence-electron chi connectivity index (χ2n) is 17.0. The van der Waals surface area contributed by atoms with Crippen LogP contribution in [-0.4, -0.2) is 82.3 Å². The van der Waals surface area contributed by atoms with Gasteiger partial charge in [-0.15, -0.1) is 0 Å². The van der Waals surface area contributed by atoms with Gasteiger partial charge in [-0.05, 0) is 89.9 Å². The molecule has 0 heterocycles. The normalized spacial score (nSPS) is 13.7. The molecule has 0 aromatic heterocycles. The van der Waals surface area contributed by atoms with Gasteiger partial charge in [0, 0.05) is 12.8 Å². The van der Waals surface area contributed by atoms with Gasteiger partial charge >= 0.3 is 11.9 Å². The predicted octanol–water partition coefficient (Wildman–Crippen LogP) is 12.1. The molecule has 2 unspecified atom stereocenters. The van der Waals surface area contributed by atoms with Gasteiger partial charge in [0.25, 0.3) is 0 Å². The zero-order valence-corrected chi connectivity index (χ0v) is 40.4. The zero-order valence-electron chi connectivity index (χ0n) is 40.4. The number of likely N-dealkylation sites (N-methyl/N-ethyl adjacent to an activating group) is 1. The van der Waals surface area contributed by atoms with Crippen molar-refractivity contribution in [2.75, 3.05) is 47.5 Å². The van der Waals surface area contributed by atoms with Crippen LogP contribution in [0.4, 0.5) is 0 Å². The summed E-state index contributed by atoms with van der Waals surface area (Å²) in [7, 11) is 5.89. The summed E-state index contributed by atoms with van der Waals surface area (Å²) in [6.45, 7) is 4.46. The monoisotopic (exact) mass is 880 g/mol. The van der Waals surface area contributed by atoms with Crippen LogP contribution in [-0.2, 0) is 33.3 Å². The minimum absolute atomic E-state index is 0.137. The third-order valence-corrected chi connectivity index (χ3v) is 9.83. The lowest BCUT2D eigenvalue weighted by atomic mass is 10.1. The molecule has 0 aliphatic rings. The molecule has 0 amide bonds. The number of carboxylic acid groups (broad SMARTS) is 1. The maximum atomic E-state index is 12.8. The molecule has 0 fully saturated rings. The van der Waals surface area contributed by atoms with E-state index in [1.165, 1.54) is 19.3 Å². The van der Waals surface area contributed by atoms with E-state index in [9.17, 15) is 19.5 Å². The molecular formula is C54H89NO8. The fourth-order valence-electron chi connectivity index (χ4n) is 6.10. The van der Waals surface area contributed by atoms with Crippen molar-refractivity contribution in [2.24, 2.45) is 0 Å². The first-order valence-corrected chi connectivity index (χ1v) is 24.4. The van der Waals surface area contributed by atoms with Crippen LogP contribution < -0.4 is 5.11 Å². The minimum atomic E-state index is -1.63. The van der Waals surface area contributed by atoms with Gasteiger partial charge in [-0.2, -0.15) is 0 Å². The van der Waals surface area contributed by atoms with E-state index in [1.54, 1.807) is 0 Å². The summed E-state index contributed by atoms with van der Waals surface area (Å²) in [5.41, 5.74) is 0. The summed E-state index contributed by atoms with van der Waals surface area (Å²) in [5, 5.41) is 11.7. The van der Waals surface area contributed by atoms with E-state index in [4.69, 9.17) is 18.9 Å². The lowest BCUT2D eigenvalue weighted by Gasteiger charge is -2.26. The van der Waals surface area contributed by atoms with E-state index in [0.29, 0.717) is 23.9 Å². The van der Waals surface area contributed by atoms with Gasteiger partial charge in [-0.3, -0.25) is 9.59 Å². The number of aliphatic carboxylic acids is 1. The predicted molar refractivity (Wildman–Crippen MR) is 260 cm³/mol. The number of ether oxygens (including phenoxy) is 4. The molecule has 0 saturated heterocycles. The number of carbonyl (C=O) groups is 3. The largest absolute Gasteiger partial charge is 0.545 e. The average Bonchev–Trinajstić information content (AvgIpc) is 3.24. The first-order chi connectivity index (χ1) is 30.6. The summed E-state index contributed by atoms with van der Waals surface area (Å²) in [6, 6.07) is 0. The van der Waals surface area contributed by atoms with E-state index in [-0.39, 0.29) is 38.6 Å². The van der Waals surface area contributed by atoms with Crippen LogP contribution in [0.25, 0.3) is 0 Å². The van der Waals surface area contributed by atoms with Crippen LogP contribution >= 0.6 is 0 Å². The van der Waals surface area contributed by atoms with Crippen LogP contribution in [0.2, 0.25) is 0 Å². The Bertz CT molecular complexity index is 1350. The minimum Gasteiger partial charge on any atom is -0.545 e. The van der Waals surface area contributed by atoms with Gasteiger partial charge in [0.2, 0.25) is 0 Å². The number of hydrogen-bond acceptors (Lipinski definition) is 8. The Morgan fingerprint density at radius 1 is 0.476 bits per heavy atom. The summed E-state index contributed by atoms with van der Waals surface area (Å²) < 4.78 is 22.6. The molecule has 0 radical (unpaired) electrons. The molecule has 0 saturated carbocycles. The number of carbonyl (C=O) groups excluding carboxylic acids is 3. The fourth-order valence-corrected chi connectivity index (χ4v) is 6.10. The summed E-state index contributed by atoms with van der Waals surface area (Å²) >= 11 is 0. The van der Waals surface area contributed by atoms with E-state index < -0.39 is 24.3 Å². The highest BCUT2D eigenvalue weighted by molar-refractivity contribution is 5.70. The van der Waals surface area contributed by atoms with Crippen molar-refractivity contribution in [3.8, 4) is 0 Å². The highest BCUT2D eigenvalue weighted by Crippen LogP contribution is 2.13. The molecular weight excluding hydrogens is 791 g/mol. The van der Waals surface area contributed by atoms with Crippen LogP contribution in [0, 0.1) is 0 Å². The second-order valence-corrected chi connectivity index (χ2v) is 17.0. The number of nitrogens with zero attached hydrogens (tertiary/aromatic N) is 1. The molecule has 9 nitrogen and oxygen atoms in total. The molecule has 9 heteroatoms. The van der Waals surface area contributed by atoms with Crippen molar-refractivity contribution in [1.82, 2.24) is 0 Å². The van der Waals surface area contributed by atoms with Gasteiger partial charge in [0.05, 0.1) is 40.3 Å². The molecule has 2 atom stereocenters. The molecule has 0 aromatic rings. The zero-order chi connectivity index (χ0) is 46.3. The summed E-state index contributed by atoms with van der Waals surface area (Å²) in [4.78, 5) is 37.1. The number of esters is 2. The van der Waals surface area contributed by atoms with Crippen molar-refractivity contribution in [3.63, 3.8) is 0 Å². The van der Waals surface area contributed by atoms with E-state index in [2.05, 4.69) is 111 Å². The first kappa shape index (κ1) is 59.2. The number of rotatable bonds is 43. The molecule has 0 bridgehead atoms. The lowest BCUT2D eigenvalue weighted by Crippen LogP contribution is -2.44. The van der Waals surface area contributed by atoms with Crippen molar-refractivity contribution in [2.45, 2.75) is 180 Å². The topological polar surface area (TPSA) is 111 Å². The quantitative estimate of drug-likeness (QED) is 0.0196. The highest BCUT2D eigenvalue weighted by Gasteiger charge is 2.21. The lowest BCUT2D eigenvalue weighted by molar-refractivity contribution is -0.870. The molecule has 0 aliphatic carbocycles. The Hall–Kier alpha value is -3.79. The number of unbranched alkanes of at least 4 members (excludes halogenated alkanes) is 12. The van der Waals surface area contributed by atoms with Crippen molar-refractivity contribution in [3.05, 3.63) is 97.2 Å².